The van der Waals surface area contributed by atoms with Crippen LogP contribution in [0.25, 0.3) is 0 Å². The van der Waals surface area contributed by atoms with Gasteiger partial charge < -0.3 is 4.55 Å². The van der Waals surface area contributed by atoms with Crippen LogP contribution >= 0.6 is 0 Å². The van der Waals surface area contributed by atoms with E-state index in [-0.39, 0.29) is 15.8 Å². The first-order valence-corrected chi connectivity index (χ1v) is 17.6. The zero-order valence-corrected chi connectivity index (χ0v) is 25.9. The Hall–Kier alpha value is -2.86. The minimum atomic E-state index is -4.35. The second-order valence-corrected chi connectivity index (χ2v) is 13.6. The molecule has 0 bridgehead atoms. The van der Waals surface area contributed by atoms with Gasteiger partial charge in [0, 0.05) is 0 Å². The Morgan fingerprint density at radius 1 is 0.512 bits per heavy atom. The normalized spacial score (nSPS) is 11.2. The van der Waals surface area contributed by atoms with Crippen LogP contribution in [0.3, 0.4) is 0 Å². The van der Waals surface area contributed by atoms with E-state index in [9.17, 15) is 13.0 Å². The highest BCUT2D eigenvalue weighted by atomic mass is 32.2. The molecule has 0 fully saturated rings. The van der Waals surface area contributed by atoms with E-state index in [0.29, 0.717) is 12.0 Å². The molecule has 4 rings (SSSR count). The molecule has 0 aliphatic rings. The molecule has 0 aromatic heterocycles. The van der Waals surface area contributed by atoms with Gasteiger partial charge in [-0.15, -0.1) is 0 Å². The summed E-state index contributed by atoms with van der Waals surface area (Å²) in [6, 6.07) is 38.7. The maximum absolute atomic E-state index is 11.2. The Balaban J connectivity index is 0.000000227. The van der Waals surface area contributed by atoms with E-state index in [2.05, 4.69) is 97.9 Å². The fraction of sp³-hybridized carbons (Fsp3) is 0.333. The summed E-state index contributed by atoms with van der Waals surface area (Å²) in [7, 11) is -4.36. The van der Waals surface area contributed by atoms with Crippen LogP contribution in [0, 0.1) is 0 Å². The van der Waals surface area contributed by atoms with Gasteiger partial charge in [0.15, 0.2) is 14.7 Å². The first-order chi connectivity index (χ1) is 20.0. The molecule has 0 spiro atoms. The van der Waals surface area contributed by atoms with Crippen molar-refractivity contribution in [3.05, 3.63) is 121 Å². The van der Waals surface area contributed by atoms with E-state index in [1.807, 2.05) is 0 Å². The Bertz CT molecular complexity index is 1250. The van der Waals surface area contributed by atoms with Crippen LogP contribution in [0.5, 0.6) is 0 Å². The van der Waals surface area contributed by atoms with Gasteiger partial charge in [-0.1, -0.05) is 138 Å². The maximum Gasteiger partial charge on any atom is 0.166 e. The Morgan fingerprint density at radius 2 is 0.878 bits per heavy atom. The highest BCUT2D eigenvalue weighted by molar-refractivity contribution is 7.97. The van der Waals surface area contributed by atoms with E-state index in [1.165, 1.54) is 72.1 Å². The second kappa shape index (κ2) is 18.5. The van der Waals surface area contributed by atoms with Crippen LogP contribution in [-0.4, -0.2) is 13.0 Å². The summed E-state index contributed by atoms with van der Waals surface area (Å²) in [6.45, 7) is 2.23. The zero-order chi connectivity index (χ0) is 29.2. The summed E-state index contributed by atoms with van der Waals surface area (Å²) in [4.78, 5) is 4.03. The zero-order valence-electron chi connectivity index (χ0n) is 24.3. The summed E-state index contributed by atoms with van der Waals surface area (Å²) in [6.07, 6.45) is 13.2. The number of aryl methyl sites for hydroxylation is 1. The van der Waals surface area contributed by atoms with Gasteiger partial charge in [-0.3, -0.25) is 0 Å². The summed E-state index contributed by atoms with van der Waals surface area (Å²) in [5, 5.41) is 0. The van der Waals surface area contributed by atoms with Gasteiger partial charge in [0.2, 0.25) is 0 Å². The minimum absolute atomic E-state index is 0.0146. The highest BCUT2D eigenvalue weighted by Crippen LogP contribution is 2.30. The molecule has 4 aromatic carbocycles. The molecule has 0 N–H and O–H groups in total. The van der Waals surface area contributed by atoms with Gasteiger partial charge in [0.25, 0.3) is 0 Å². The molecule has 218 valence electrons. The molecule has 3 nitrogen and oxygen atoms in total. The first-order valence-electron chi connectivity index (χ1n) is 14.9. The number of hydrogen-bond acceptors (Lipinski definition) is 3. The standard InChI is InChI=1S/C18H30O3S.C18H15S/c1-2-3-4-5-6-7-8-9-10-11-14-17-15-12-13-16-18(17)22(19,20)21;1-4-10-16(11-5-1)19(17-12-6-2-7-13-17)18-14-8-3-9-15-18/h12-13,15-16H,2-11,14H2,1H3,(H,19,20,21);1-15H/q;+1/p-1. The molecule has 0 saturated carbocycles. The van der Waals surface area contributed by atoms with Gasteiger partial charge in [-0.25, -0.2) is 8.42 Å². The fourth-order valence-electron chi connectivity index (χ4n) is 4.84. The highest BCUT2D eigenvalue weighted by Gasteiger charge is 2.27. The van der Waals surface area contributed by atoms with E-state index >= 15 is 0 Å². The summed E-state index contributed by atoms with van der Waals surface area (Å²) < 4.78 is 33.5. The van der Waals surface area contributed by atoms with Crippen LogP contribution in [0.4, 0.5) is 0 Å². The van der Waals surface area contributed by atoms with E-state index < -0.39 is 10.1 Å². The average Bonchev–Trinajstić information content (AvgIpc) is 3.00. The minimum Gasteiger partial charge on any atom is -0.744 e. The molecule has 0 aliphatic heterocycles. The predicted octanol–water partition coefficient (Wildman–Crippen LogP) is 9.84. The lowest BCUT2D eigenvalue weighted by Gasteiger charge is -2.12. The first kappa shape index (κ1) is 32.7. The lowest BCUT2D eigenvalue weighted by molar-refractivity contribution is 0.461. The summed E-state index contributed by atoms with van der Waals surface area (Å²) in [5.41, 5.74) is 0.664. The van der Waals surface area contributed by atoms with Crippen molar-refractivity contribution in [2.24, 2.45) is 0 Å². The molecular weight excluding hydrogens is 545 g/mol. The molecule has 4 aromatic rings. The number of hydrogen-bond donors (Lipinski definition) is 0. The van der Waals surface area contributed by atoms with Crippen molar-refractivity contribution in [1.29, 1.82) is 0 Å². The molecule has 41 heavy (non-hydrogen) atoms. The van der Waals surface area contributed by atoms with E-state index in [0.717, 1.165) is 12.8 Å². The molecule has 0 heterocycles. The number of rotatable bonds is 15. The Labute approximate surface area is 251 Å². The van der Waals surface area contributed by atoms with Gasteiger partial charge >= 0.3 is 0 Å². The molecule has 0 aliphatic carbocycles. The smallest absolute Gasteiger partial charge is 0.166 e. The molecule has 0 radical (unpaired) electrons. The average molecular weight is 589 g/mol. The SMILES string of the molecule is CCCCCCCCCCCCc1ccccc1S(=O)(=O)[O-].c1ccc([S+](c2ccccc2)c2ccccc2)cc1. The van der Waals surface area contributed by atoms with Crippen molar-refractivity contribution in [3.63, 3.8) is 0 Å². The van der Waals surface area contributed by atoms with Crippen LogP contribution in [0.1, 0.15) is 76.7 Å². The number of unbranched alkanes of at least 4 members (excludes halogenated alkanes) is 9. The van der Waals surface area contributed by atoms with E-state index in [4.69, 9.17) is 0 Å². The van der Waals surface area contributed by atoms with Gasteiger partial charge in [-0.2, -0.15) is 0 Å². The molecule has 0 saturated heterocycles. The van der Waals surface area contributed by atoms with Crippen molar-refractivity contribution in [2.45, 2.75) is 97.1 Å². The van der Waals surface area contributed by atoms with Crippen LogP contribution in [-0.2, 0) is 27.4 Å². The third-order valence-corrected chi connectivity index (χ3v) is 10.1. The molecular formula is C36H44O3S2. The largest absolute Gasteiger partial charge is 0.744 e. The van der Waals surface area contributed by atoms with Crippen LogP contribution in [0.15, 0.2) is 135 Å². The molecule has 0 amide bonds. The summed E-state index contributed by atoms with van der Waals surface area (Å²) in [5.74, 6) is 0. The third-order valence-electron chi connectivity index (χ3n) is 6.98. The lowest BCUT2D eigenvalue weighted by atomic mass is 10.0. The van der Waals surface area contributed by atoms with Crippen molar-refractivity contribution in [3.8, 4) is 0 Å². The number of benzene rings is 4. The Kier molecular flexibility index (Phi) is 14.8. The topological polar surface area (TPSA) is 57.2 Å². The predicted molar refractivity (Wildman–Crippen MR) is 171 cm³/mol. The van der Waals surface area contributed by atoms with Crippen LogP contribution in [0.2, 0.25) is 0 Å². The molecule has 5 heteroatoms. The monoisotopic (exact) mass is 588 g/mol. The van der Waals surface area contributed by atoms with Crippen molar-refractivity contribution >= 4 is 21.0 Å². The van der Waals surface area contributed by atoms with Gasteiger partial charge in [0.05, 0.1) is 15.8 Å². The van der Waals surface area contributed by atoms with Crippen molar-refractivity contribution < 1.29 is 13.0 Å². The maximum atomic E-state index is 11.2. The fourth-order valence-corrected chi connectivity index (χ4v) is 7.68. The van der Waals surface area contributed by atoms with Crippen LogP contribution < -0.4 is 0 Å². The van der Waals surface area contributed by atoms with Gasteiger partial charge in [-0.05, 0) is 60.9 Å². The van der Waals surface area contributed by atoms with E-state index in [1.54, 1.807) is 18.2 Å². The summed E-state index contributed by atoms with van der Waals surface area (Å²) >= 11 is 0. The van der Waals surface area contributed by atoms with Crippen molar-refractivity contribution in [1.82, 2.24) is 0 Å². The quantitative estimate of drug-likeness (QED) is 0.0789. The molecule has 0 atom stereocenters. The van der Waals surface area contributed by atoms with Gasteiger partial charge in [0.1, 0.15) is 10.1 Å². The van der Waals surface area contributed by atoms with Crippen molar-refractivity contribution in [2.75, 3.05) is 0 Å². The third kappa shape index (κ3) is 11.9. The lowest BCUT2D eigenvalue weighted by Crippen LogP contribution is -2.04. The molecule has 0 unspecified atom stereocenters. The Morgan fingerprint density at radius 3 is 1.29 bits per heavy atom. The second-order valence-electron chi connectivity index (χ2n) is 10.2.